The van der Waals surface area contributed by atoms with Crippen molar-refractivity contribution in [1.29, 1.82) is 0 Å². The number of aromatic amines is 1. The molecule has 0 bridgehead atoms. The summed E-state index contributed by atoms with van der Waals surface area (Å²) in [6.45, 7) is 2.34. The van der Waals surface area contributed by atoms with Crippen molar-refractivity contribution >= 4 is 16.7 Å². The molecule has 0 amide bonds. The fourth-order valence-electron chi connectivity index (χ4n) is 2.19. The van der Waals surface area contributed by atoms with Crippen molar-refractivity contribution < 1.29 is 9.50 Å². The zero-order valence-corrected chi connectivity index (χ0v) is 10.9. The highest BCUT2D eigenvalue weighted by Gasteiger charge is 2.02. The van der Waals surface area contributed by atoms with Gasteiger partial charge in [0.05, 0.1) is 11.0 Å². The first-order valence-corrected chi connectivity index (χ1v) is 6.29. The number of nitrogens with one attached hydrogen (secondary N) is 2. The molecule has 3 rings (SSSR count). The van der Waals surface area contributed by atoms with Crippen LogP contribution in [0.4, 0.5) is 10.1 Å². The van der Waals surface area contributed by atoms with Gasteiger partial charge < -0.3 is 15.4 Å². The lowest BCUT2D eigenvalue weighted by Gasteiger charge is -2.07. The van der Waals surface area contributed by atoms with Crippen LogP contribution >= 0.6 is 0 Å². The van der Waals surface area contributed by atoms with Crippen molar-refractivity contribution in [3.05, 3.63) is 53.6 Å². The second-order valence-electron chi connectivity index (χ2n) is 4.73. The minimum absolute atomic E-state index is 0.0681. The van der Waals surface area contributed by atoms with Crippen LogP contribution in [-0.2, 0) is 6.54 Å². The molecule has 0 spiro atoms. The lowest BCUT2D eigenvalue weighted by atomic mass is 10.2. The van der Waals surface area contributed by atoms with E-state index in [0.717, 1.165) is 28.6 Å². The number of anilines is 1. The minimum atomic E-state index is -0.443. The van der Waals surface area contributed by atoms with E-state index in [1.165, 1.54) is 12.1 Å². The van der Waals surface area contributed by atoms with Gasteiger partial charge in [-0.25, -0.2) is 9.37 Å². The van der Waals surface area contributed by atoms with E-state index in [2.05, 4.69) is 15.3 Å². The maximum Gasteiger partial charge on any atom is 0.127 e. The minimum Gasteiger partial charge on any atom is -0.508 e. The molecule has 20 heavy (non-hydrogen) atoms. The van der Waals surface area contributed by atoms with E-state index in [1.54, 1.807) is 0 Å². The first kappa shape index (κ1) is 12.5. The molecule has 2 aromatic carbocycles. The van der Waals surface area contributed by atoms with Crippen LogP contribution in [-0.4, -0.2) is 15.1 Å². The monoisotopic (exact) mass is 271 g/mol. The second kappa shape index (κ2) is 4.85. The summed E-state index contributed by atoms with van der Waals surface area (Å²) in [7, 11) is 0. The summed E-state index contributed by atoms with van der Waals surface area (Å²) in [6, 6.07) is 9.81. The van der Waals surface area contributed by atoms with Crippen LogP contribution in [0.2, 0.25) is 0 Å². The van der Waals surface area contributed by atoms with E-state index in [0.29, 0.717) is 12.1 Å². The molecule has 3 N–H and O–H groups in total. The molecule has 1 aromatic heterocycles. The molecule has 3 aromatic rings. The van der Waals surface area contributed by atoms with Gasteiger partial charge in [0.2, 0.25) is 0 Å². The quantitative estimate of drug-likeness (QED) is 0.684. The first-order valence-electron chi connectivity index (χ1n) is 6.29. The molecule has 0 unspecified atom stereocenters. The van der Waals surface area contributed by atoms with Crippen LogP contribution in [0.15, 0.2) is 36.4 Å². The Morgan fingerprint density at radius 2 is 2.10 bits per heavy atom. The Balaban J connectivity index is 1.79. The molecule has 0 aliphatic heterocycles. The number of phenolic OH excluding ortho intramolecular Hbond substituents is 1. The molecule has 0 aliphatic rings. The lowest BCUT2D eigenvalue weighted by Crippen LogP contribution is -1.99. The number of aromatic nitrogens is 2. The number of hydrogen-bond donors (Lipinski definition) is 3. The zero-order chi connectivity index (χ0) is 14.1. The van der Waals surface area contributed by atoms with Crippen molar-refractivity contribution in [2.75, 3.05) is 5.32 Å². The summed E-state index contributed by atoms with van der Waals surface area (Å²) in [5.41, 5.74) is 3.46. The molecule has 0 saturated carbocycles. The fraction of sp³-hybridized carbons (Fsp3) is 0.133. The zero-order valence-electron chi connectivity index (χ0n) is 10.9. The van der Waals surface area contributed by atoms with E-state index >= 15 is 0 Å². The van der Waals surface area contributed by atoms with Gasteiger partial charge in [-0.3, -0.25) is 0 Å². The van der Waals surface area contributed by atoms with Gasteiger partial charge in [0.1, 0.15) is 17.4 Å². The number of H-pyrrole nitrogens is 1. The molecule has 0 saturated heterocycles. The molecule has 0 fully saturated rings. The number of imidazole rings is 1. The van der Waals surface area contributed by atoms with Gasteiger partial charge in [0, 0.05) is 18.3 Å². The van der Waals surface area contributed by atoms with Crippen LogP contribution in [0, 0.1) is 12.7 Å². The molecule has 102 valence electrons. The van der Waals surface area contributed by atoms with E-state index < -0.39 is 5.82 Å². The molecule has 5 heteroatoms. The van der Waals surface area contributed by atoms with E-state index in [9.17, 15) is 9.50 Å². The summed E-state index contributed by atoms with van der Waals surface area (Å²) >= 11 is 0. The van der Waals surface area contributed by atoms with Gasteiger partial charge >= 0.3 is 0 Å². The Labute approximate surface area is 115 Å². The number of nitrogens with zero attached hydrogens (tertiary/aromatic N) is 1. The van der Waals surface area contributed by atoms with Gasteiger partial charge in [-0.1, -0.05) is 0 Å². The number of hydrogen-bond acceptors (Lipinski definition) is 3. The van der Waals surface area contributed by atoms with Crippen LogP contribution in [0.5, 0.6) is 5.75 Å². The Kier molecular flexibility index (Phi) is 3.02. The average molecular weight is 271 g/mol. The topological polar surface area (TPSA) is 60.9 Å². The summed E-state index contributed by atoms with van der Waals surface area (Å²) in [4.78, 5) is 7.49. The third-order valence-electron chi connectivity index (χ3n) is 3.04. The largest absolute Gasteiger partial charge is 0.508 e. The third kappa shape index (κ3) is 2.56. The third-order valence-corrected chi connectivity index (χ3v) is 3.04. The second-order valence-corrected chi connectivity index (χ2v) is 4.73. The molecule has 0 atom stereocenters. The van der Waals surface area contributed by atoms with Gasteiger partial charge in [-0.05, 0) is 42.8 Å². The number of aromatic hydroxyl groups is 1. The van der Waals surface area contributed by atoms with Crippen LogP contribution in [0.1, 0.15) is 11.4 Å². The Bertz CT molecular complexity index is 747. The van der Waals surface area contributed by atoms with E-state index in [-0.39, 0.29) is 5.75 Å². The maximum atomic E-state index is 13.2. The SMILES string of the molecule is Cc1nc2ccc(NCc3cc(O)cc(F)c3)cc2[nH]1. The first-order chi connectivity index (χ1) is 9.60. The average Bonchev–Trinajstić information content (AvgIpc) is 2.74. The highest BCUT2D eigenvalue weighted by molar-refractivity contribution is 5.79. The van der Waals surface area contributed by atoms with Crippen molar-refractivity contribution in [1.82, 2.24) is 9.97 Å². The molecular weight excluding hydrogens is 257 g/mol. The van der Waals surface area contributed by atoms with Crippen molar-refractivity contribution in [3.63, 3.8) is 0 Å². The highest BCUT2D eigenvalue weighted by Crippen LogP contribution is 2.19. The Hall–Kier alpha value is -2.56. The van der Waals surface area contributed by atoms with E-state index in [1.807, 2.05) is 25.1 Å². The normalized spacial score (nSPS) is 10.9. The number of aryl methyl sites for hydroxylation is 1. The summed E-state index contributed by atoms with van der Waals surface area (Å²) in [6.07, 6.45) is 0. The van der Waals surface area contributed by atoms with E-state index in [4.69, 9.17) is 0 Å². The molecule has 1 heterocycles. The van der Waals surface area contributed by atoms with Crippen molar-refractivity contribution in [2.45, 2.75) is 13.5 Å². The van der Waals surface area contributed by atoms with Gasteiger partial charge in [0.15, 0.2) is 0 Å². The van der Waals surface area contributed by atoms with Gasteiger partial charge in [0.25, 0.3) is 0 Å². The summed E-state index contributed by atoms with van der Waals surface area (Å²) in [5, 5.41) is 12.5. The standard InChI is InChI=1S/C15H14FN3O/c1-9-18-14-3-2-12(7-15(14)19-9)17-8-10-4-11(16)6-13(20)5-10/h2-7,17,20H,8H2,1H3,(H,18,19). The smallest absolute Gasteiger partial charge is 0.127 e. The maximum absolute atomic E-state index is 13.2. The van der Waals surface area contributed by atoms with Gasteiger partial charge in [-0.2, -0.15) is 0 Å². The molecule has 4 nitrogen and oxygen atoms in total. The number of benzene rings is 2. The number of rotatable bonds is 3. The Morgan fingerprint density at radius 3 is 2.90 bits per heavy atom. The molecule has 0 aliphatic carbocycles. The highest BCUT2D eigenvalue weighted by atomic mass is 19.1. The van der Waals surface area contributed by atoms with Crippen LogP contribution in [0.3, 0.4) is 0 Å². The predicted octanol–water partition coefficient (Wildman–Crippen LogP) is 3.33. The van der Waals surface area contributed by atoms with Crippen molar-refractivity contribution in [2.24, 2.45) is 0 Å². The summed E-state index contributed by atoms with van der Waals surface area (Å²) < 4.78 is 13.2. The van der Waals surface area contributed by atoms with Crippen LogP contribution < -0.4 is 5.32 Å². The number of halogens is 1. The van der Waals surface area contributed by atoms with Gasteiger partial charge in [-0.15, -0.1) is 0 Å². The lowest BCUT2D eigenvalue weighted by molar-refractivity contribution is 0.468. The number of fused-ring (bicyclic) bond motifs is 1. The number of phenols is 1. The Morgan fingerprint density at radius 1 is 1.25 bits per heavy atom. The fourth-order valence-corrected chi connectivity index (χ4v) is 2.19. The van der Waals surface area contributed by atoms with Crippen LogP contribution in [0.25, 0.3) is 11.0 Å². The summed E-state index contributed by atoms with van der Waals surface area (Å²) in [5.74, 6) is 0.357. The predicted molar refractivity (Wildman–Crippen MR) is 76.2 cm³/mol. The molecule has 0 radical (unpaired) electrons. The molecular formula is C15H14FN3O. The van der Waals surface area contributed by atoms with Crippen molar-refractivity contribution in [3.8, 4) is 5.75 Å².